The maximum Gasteiger partial charge on any atom is 0.409 e. The third-order valence-corrected chi connectivity index (χ3v) is 5.96. The molecule has 0 atom stereocenters. The van der Waals surface area contributed by atoms with Crippen LogP contribution in [0.2, 0.25) is 10.0 Å². The van der Waals surface area contributed by atoms with E-state index in [1.807, 2.05) is 4.90 Å². The van der Waals surface area contributed by atoms with Crippen LogP contribution in [0.15, 0.2) is 18.2 Å². The van der Waals surface area contributed by atoms with Gasteiger partial charge in [-0.1, -0.05) is 23.2 Å². The van der Waals surface area contributed by atoms with Crippen LogP contribution in [-0.2, 0) is 9.53 Å². The number of piperazine rings is 1. The molecule has 0 N–H and O–H groups in total. The van der Waals surface area contributed by atoms with Gasteiger partial charge in [0.1, 0.15) is 0 Å². The molecule has 0 aliphatic carbocycles. The van der Waals surface area contributed by atoms with E-state index >= 15 is 0 Å². The highest BCUT2D eigenvalue weighted by molar-refractivity contribution is 6.36. The third-order valence-electron chi connectivity index (χ3n) is 5.41. The topological polar surface area (TPSA) is 70.2 Å². The number of likely N-dealkylation sites (tertiary alicyclic amines) is 1. The number of rotatable bonds is 3. The van der Waals surface area contributed by atoms with Crippen molar-refractivity contribution in [2.75, 3.05) is 45.9 Å². The molecule has 2 aliphatic rings. The van der Waals surface area contributed by atoms with Crippen LogP contribution in [-0.4, -0.2) is 78.5 Å². The summed E-state index contributed by atoms with van der Waals surface area (Å²) in [6.45, 7) is 5.13. The van der Waals surface area contributed by atoms with Gasteiger partial charge in [-0.2, -0.15) is 0 Å². The first-order valence-corrected chi connectivity index (χ1v) is 10.6. The highest BCUT2D eigenvalue weighted by Gasteiger charge is 2.33. The van der Waals surface area contributed by atoms with Crippen LogP contribution in [0.1, 0.15) is 30.1 Å². The van der Waals surface area contributed by atoms with Crippen molar-refractivity contribution >= 4 is 41.1 Å². The Kier molecular flexibility index (Phi) is 7.24. The Balaban J connectivity index is 1.50. The van der Waals surface area contributed by atoms with Crippen molar-refractivity contribution in [1.82, 2.24) is 14.7 Å². The van der Waals surface area contributed by atoms with Gasteiger partial charge in [0.25, 0.3) is 5.91 Å². The Labute approximate surface area is 180 Å². The molecular weight excluding hydrogens is 417 g/mol. The molecule has 1 aromatic rings. The zero-order valence-electron chi connectivity index (χ0n) is 16.4. The summed E-state index contributed by atoms with van der Waals surface area (Å²) < 4.78 is 5.01. The van der Waals surface area contributed by atoms with E-state index in [0.29, 0.717) is 74.3 Å². The summed E-state index contributed by atoms with van der Waals surface area (Å²) >= 11 is 12.0. The number of piperidine rings is 1. The molecule has 2 heterocycles. The number of ether oxygens (including phenoxy) is 1. The number of halogens is 2. The van der Waals surface area contributed by atoms with E-state index in [-0.39, 0.29) is 23.8 Å². The fourth-order valence-corrected chi connectivity index (χ4v) is 4.23. The molecule has 7 nitrogen and oxygen atoms in total. The van der Waals surface area contributed by atoms with Gasteiger partial charge in [0, 0.05) is 50.2 Å². The quantitative estimate of drug-likeness (QED) is 0.721. The van der Waals surface area contributed by atoms with Gasteiger partial charge in [-0.05, 0) is 38.0 Å². The van der Waals surface area contributed by atoms with Gasteiger partial charge in [0.2, 0.25) is 5.91 Å². The Morgan fingerprint density at radius 1 is 0.966 bits per heavy atom. The largest absolute Gasteiger partial charge is 0.450 e. The van der Waals surface area contributed by atoms with Crippen molar-refractivity contribution in [3.63, 3.8) is 0 Å². The Bertz CT molecular complexity index is 773. The summed E-state index contributed by atoms with van der Waals surface area (Å²) in [6, 6.07) is 4.84. The van der Waals surface area contributed by atoms with E-state index < -0.39 is 0 Å². The van der Waals surface area contributed by atoms with Crippen molar-refractivity contribution in [2.45, 2.75) is 19.8 Å². The highest BCUT2D eigenvalue weighted by atomic mass is 35.5. The summed E-state index contributed by atoms with van der Waals surface area (Å²) in [5.74, 6) is -0.139. The molecule has 0 unspecified atom stereocenters. The summed E-state index contributed by atoms with van der Waals surface area (Å²) in [6.07, 6.45) is 0.911. The van der Waals surface area contributed by atoms with E-state index in [9.17, 15) is 14.4 Å². The molecule has 1 aromatic carbocycles. The van der Waals surface area contributed by atoms with Crippen molar-refractivity contribution in [3.05, 3.63) is 33.8 Å². The molecule has 0 bridgehead atoms. The van der Waals surface area contributed by atoms with Crippen LogP contribution < -0.4 is 0 Å². The van der Waals surface area contributed by atoms with Crippen LogP contribution in [0, 0.1) is 5.92 Å². The molecule has 2 saturated heterocycles. The lowest BCUT2D eigenvalue weighted by Crippen LogP contribution is -2.53. The van der Waals surface area contributed by atoms with Crippen molar-refractivity contribution < 1.29 is 19.1 Å². The average molecular weight is 442 g/mol. The molecule has 0 spiro atoms. The minimum absolute atomic E-state index is 0.102. The first kappa shape index (κ1) is 21.7. The van der Waals surface area contributed by atoms with Crippen LogP contribution >= 0.6 is 23.2 Å². The van der Waals surface area contributed by atoms with Crippen molar-refractivity contribution in [3.8, 4) is 0 Å². The fraction of sp³-hybridized carbons (Fsp3) is 0.550. The maximum atomic E-state index is 12.8. The molecule has 2 aliphatic heterocycles. The lowest BCUT2D eigenvalue weighted by Gasteiger charge is -2.38. The Hall–Kier alpha value is -1.99. The predicted octanol–water partition coefficient (Wildman–Crippen LogP) is 3.15. The number of hydrogen-bond acceptors (Lipinski definition) is 4. The zero-order valence-corrected chi connectivity index (χ0v) is 17.9. The highest BCUT2D eigenvalue weighted by Crippen LogP contribution is 2.26. The van der Waals surface area contributed by atoms with Crippen molar-refractivity contribution in [1.29, 1.82) is 0 Å². The molecule has 29 heavy (non-hydrogen) atoms. The standard InChI is InChI=1S/C20H25Cl2N3O4/c1-2-29-20(28)25-11-9-24(10-12-25)18(26)14-5-7-23(8-6-14)19(27)16-4-3-15(21)13-17(16)22/h3-4,13-14H,2,5-12H2,1H3. The monoisotopic (exact) mass is 441 g/mol. The van der Waals surface area contributed by atoms with Gasteiger partial charge >= 0.3 is 6.09 Å². The first-order valence-electron chi connectivity index (χ1n) is 9.85. The second-order valence-electron chi connectivity index (χ2n) is 7.20. The average Bonchev–Trinajstić information content (AvgIpc) is 2.73. The molecule has 158 valence electrons. The van der Waals surface area contributed by atoms with Crippen LogP contribution in [0.25, 0.3) is 0 Å². The molecule has 0 radical (unpaired) electrons. The first-order chi connectivity index (χ1) is 13.9. The summed E-state index contributed by atoms with van der Waals surface area (Å²) in [4.78, 5) is 42.5. The normalized spacial score (nSPS) is 18.0. The van der Waals surface area contributed by atoms with E-state index in [0.717, 1.165) is 0 Å². The second-order valence-corrected chi connectivity index (χ2v) is 8.05. The molecule has 9 heteroatoms. The number of carbonyl (C=O) groups is 3. The molecule has 3 rings (SSSR count). The van der Waals surface area contributed by atoms with E-state index in [4.69, 9.17) is 27.9 Å². The zero-order chi connectivity index (χ0) is 21.0. The van der Waals surface area contributed by atoms with Gasteiger partial charge in [0.05, 0.1) is 17.2 Å². The number of hydrogen-bond donors (Lipinski definition) is 0. The van der Waals surface area contributed by atoms with Crippen LogP contribution in [0.4, 0.5) is 4.79 Å². The van der Waals surface area contributed by atoms with E-state index in [1.165, 1.54) is 0 Å². The van der Waals surface area contributed by atoms with Crippen LogP contribution in [0.3, 0.4) is 0 Å². The number of carbonyl (C=O) groups excluding carboxylic acids is 3. The lowest BCUT2D eigenvalue weighted by molar-refractivity contribution is -0.138. The maximum absolute atomic E-state index is 12.8. The summed E-state index contributed by atoms with van der Waals surface area (Å²) in [5.41, 5.74) is 0.427. The minimum Gasteiger partial charge on any atom is -0.450 e. The number of nitrogens with zero attached hydrogens (tertiary/aromatic N) is 3. The van der Waals surface area contributed by atoms with Gasteiger partial charge in [0.15, 0.2) is 0 Å². The van der Waals surface area contributed by atoms with Gasteiger partial charge < -0.3 is 19.4 Å². The van der Waals surface area contributed by atoms with Gasteiger partial charge in [-0.15, -0.1) is 0 Å². The molecule has 2 fully saturated rings. The number of benzene rings is 1. The summed E-state index contributed by atoms with van der Waals surface area (Å²) in [7, 11) is 0. The Morgan fingerprint density at radius 2 is 1.59 bits per heavy atom. The van der Waals surface area contributed by atoms with Crippen molar-refractivity contribution in [2.24, 2.45) is 5.92 Å². The fourth-order valence-electron chi connectivity index (χ4n) is 3.75. The van der Waals surface area contributed by atoms with Gasteiger partial charge in [-0.25, -0.2) is 4.79 Å². The molecular formula is C20H25Cl2N3O4. The van der Waals surface area contributed by atoms with Gasteiger partial charge in [-0.3, -0.25) is 9.59 Å². The lowest BCUT2D eigenvalue weighted by atomic mass is 9.94. The molecule has 0 aromatic heterocycles. The Morgan fingerprint density at radius 3 is 2.17 bits per heavy atom. The smallest absolute Gasteiger partial charge is 0.409 e. The summed E-state index contributed by atoms with van der Waals surface area (Å²) in [5, 5.41) is 0.819. The molecule has 3 amide bonds. The minimum atomic E-state index is -0.327. The second kappa shape index (κ2) is 9.67. The number of amides is 3. The molecule has 0 saturated carbocycles. The predicted molar refractivity (Wildman–Crippen MR) is 110 cm³/mol. The van der Waals surface area contributed by atoms with E-state index in [2.05, 4.69) is 0 Å². The SMILES string of the molecule is CCOC(=O)N1CCN(C(=O)C2CCN(C(=O)c3ccc(Cl)cc3Cl)CC2)CC1. The van der Waals surface area contributed by atoms with E-state index in [1.54, 1.807) is 34.9 Å². The van der Waals surface area contributed by atoms with Crippen LogP contribution in [0.5, 0.6) is 0 Å². The third kappa shape index (κ3) is 5.14.